The van der Waals surface area contributed by atoms with E-state index in [0.29, 0.717) is 22.7 Å². The van der Waals surface area contributed by atoms with Crippen LogP contribution in [0.25, 0.3) is 0 Å². The standard InChI is InChI=1S/C30H52O2/c1-18-11-13-27(5)15-16-28(6)20(24(27)19(18)2)9-10-23-29(28,7)14-12-22-26(3,4)17-21(31)25(32)30(22,23)8/h18-25,31-32H,9-17H2,1-8H3/t18-,19+,20-,21?,22+,23+,24+,25?,27-,28-,29-,30+/m1/s1. The number of hydrogen-bond donors (Lipinski definition) is 2. The van der Waals surface area contributed by atoms with Gasteiger partial charge in [0, 0.05) is 5.41 Å². The van der Waals surface area contributed by atoms with Crippen molar-refractivity contribution in [3.63, 3.8) is 0 Å². The molecular weight excluding hydrogens is 392 g/mol. The summed E-state index contributed by atoms with van der Waals surface area (Å²) in [5.41, 5.74) is 1.07. The van der Waals surface area contributed by atoms with Crippen molar-refractivity contribution in [2.24, 2.45) is 62.6 Å². The molecule has 0 aromatic heterocycles. The molecule has 5 aliphatic rings. The van der Waals surface area contributed by atoms with Gasteiger partial charge in [0.05, 0.1) is 12.2 Å². The number of aliphatic hydroxyl groups excluding tert-OH is 2. The van der Waals surface area contributed by atoms with Gasteiger partial charge in [-0.1, -0.05) is 55.4 Å². The van der Waals surface area contributed by atoms with E-state index in [9.17, 15) is 10.2 Å². The zero-order valence-electron chi connectivity index (χ0n) is 22.4. The number of rotatable bonds is 0. The minimum atomic E-state index is -0.576. The lowest BCUT2D eigenvalue weighted by Gasteiger charge is -2.74. The van der Waals surface area contributed by atoms with Gasteiger partial charge in [-0.3, -0.25) is 0 Å². The normalized spacial score (nSPS) is 61.7. The van der Waals surface area contributed by atoms with E-state index in [1.165, 1.54) is 51.4 Å². The molecule has 184 valence electrons. The average molecular weight is 445 g/mol. The summed E-state index contributed by atoms with van der Waals surface area (Å²) in [4.78, 5) is 0. The Morgan fingerprint density at radius 2 is 1.38 bits per heavy atom. The second-order valence-corrected chi connectivity index (χ2v) is 15.3. The zero-order chi connectivity index (χ0) is 23.5. The highest BCUT2D eigenvalue weighted by Crippen LogP contribution is 2.76. The Morgan fingerprint density at radius 3 is 2.06 bits per heavy atom. The summed E-state index contributed by atoms with van der Waals surface area (Å²) in [6.07, 6.45) is 10.3. The highest BCUT2D eigenvalue weighted by molar-refractivity contribution is 5.20. The lowest BCUT2D eigenvalue weighted by molar-refractivity contribution is -0.281. The predicted molar refractivity (Wildman–Crippen MR) is 132 cm³/mol. The van der Waals surface area contributed by atoms with E-state index in [-0.39, 0.29) is 16.2 Å². The first-order valence-electron chi connectivity index (χ1n) is 14.1. The maximum atomic E-state index is 11.6. The molecule has 5 rings (SSSR count). The minimum absolute atomic E-state index is 0.102. The van der Waals surface area contributed by atoms with Gasteiger partial charge >= 0.3 is 0 Å². The Hall–Kier alpha value is -0.0800. The van der Waals surface area contributed by atoms with Crippen LogP contribution in [-0.2, 0) is 0 Å². The van der Waals surface area contributed by atoms with Crippen molar-refractivity contribution in [2.75, 3.05) is 0 Å². The van der Waals surface area contributed by atoms with Crippen molar-refractivity contribution in [1.29, 1.82) is 0 Å². The second kappa shape index (κ2) is 6.99. The first kappa shape index (κ1) is 23.7. The SMILES string of the molecule is C[C@@H]1[C@H]2[C@H]3CC[C@@H]4[C@@]5(C)C(O)C(O)CC(C)(C)[C@@H]5CC[C@@]4(C)[C@]3(C)CC[C@@]2(C)CC[C@H]1C. The van der Waals surface area contributed by atoms with E-state index >= 15 is 0 Å². The summed E-state index contributed by atoms with van der Waals surface area (Å²) in [6, 6.07) is 0. The molecule has 0 aromatic carbocycles. The fourth-order valence-electron chi connectivity index (χ4n) is 11.8. The smallest absolute Gasteiger partial charge is 0.0858 e. The van der Waals surface area contributed by atoms with Gasteiger partial charge in [0.1, 0.15) is 0 Å². The summed E-state index contributed by atoms with van der Waals surface area (Å²) in [5.74, 6) is 4.37. The molecule has 0 heterocycles. The highest BCUT2D eigenvalue weighted by atomic mass is 16.3. The summed E-state index contributed by atoms with van der Waals surface area (Å²) in [7, 11) is 0. The third-order valence-corrected chi connectivity index (χ3v) is 13.9. The van der Waals surface area contributed by atoms with Crippen LogP contribution < -0.4 is 0 Å². The van der Waals surface area contributed by atoms with Crippen molar-refractivity contribution >= 4 is 0 Å². The van der Waals surface area contributed by atoms with Gasteiger partial charge in [-0.25, -0.2) is 0 Å². The quantitative estimate of drug-likeness (QED) is 0.419. The molecule has 0 radical (unpaired) electrons. The highest BCUT2D eigenvalue weighted by Gasteiger charge is 2.71. The van der Waals surface area contributed by atoms with Crippen LogP contribution >= 0.6 is 0 Å². The Bertz CT molecular complexity index is 760. The lowest BCUT2D eigenvalue weighted by atomic mass is 9.31. The van der Waals surface area contributed by atoms with Gasteiger partial charge in [-0.15, -0.1) is 0 Å². The summed E-state index contributed by atoms with van der Waals surface area (Å²) in [5, 5.41) is 22.5. The first-order valence-corrected chi connectivity index (χ1v) is 14.1. The predicted octanol–water partition coefficient (Wildman–Crippen LogP) is 7.08. The van der Waals surface area contributed by atoms with E-state index in [4.69, 9.17) is 0 Å². The molecule has 0 spiro atoms. The van der Waals surface area contributed by atoms with E-state index in [1.807, 2.05) is 0 Å². The minimum Gasteiger partial charge on any atom is -0.390 e. The monoisotopic (exact) mass is 444 g/mol. The number of fused-ring (bicyclic) bond motifs is 7. The van der Waals surface area contributed by atoms with Crippen molar-refractivity contribution in [2.45, 2.75) is 125 Å². The fraction of sp³-hybridized carbons (Fsp3) is 1.00. The van der Waals surface area contributed by atoms with Crippen LogP contribution in [0, 0.1) is 62.6 Å². The largest absolute Gasteiger partial charge is 0.390 e. The van der Waals surface area contributed by atoms with Crippen molar-refractivity contribution < 1.29 is 10.2 Å². The Labute approximate surface area is 198 Å². The second-order valence-electron chi connectivity index (χ2n) is 15.3. The van der Waals surface area contributed by atoms with Crippen LogP contribution in [0.15, 0.2) is 0 Å². The van der Waals surface area contributed by atoms with Crippen LogP contribution in [0.2, 0.25) is 0 Å². The van der Waals surface area contributed by atoms with Crippen LogP contribution in [0.4, 0.5) is 0 Å². The van der Waals surface area contributed by atoms with Crippen molar-refractivity contribution in [3.05, 3.63) is 0 Å². The Morgan fingerprint density at radius 1 is 0.688 bits per heavy atom. The van der Waals surface area contributed by atoms with Gasteiger partial charge in [-0.05, 0) is 115 Å². The van der Waals surface area contributed by atoms with Crippen LogP contribution in [-0.4, -0.2) is 22.4 Å². The molecule has 5 aliphatic carbocycles. The molecule has 2 unspecified atom stereocenters. The summed E-state index contributed by atoms with van der Waals surface area (Å²) >= 11 is 0. The van der Waals surface area contributed by atoms with E-state index in [0.717, 1.165) is 30.1 Å². The molecule has 0 bridgehead atoms. The molecule has 0 aliphatic heterocycles. The third-order valence-electron chi connectivity index (χ3n) is 13.9. The molecule has 2 N–H and O–H groups in total. The maximum absolute atomic E-state index is 11.6. The Balaban J connectivity index is 1.57. The van der Waals surface area contributed by atoms with E-state index < -0.39 is 12.2 Å². The van der Waals surface area contributed by atoms with Crippen molar-refractivity contribution in [1.82, 2.24) is 0 Å². The van der Waals surface area contributed by atoms with Crippen LogP contribution in [0.3, 0.4) is 0 Å². The molecule has 2 nitrogen and oxygen atoms in total. The zero-order valence-corrected chi connectivity index (χ0v) is 22.4. The maximum Gasteiger partial charge on any atom is 0.0858 e. The summed E-state index contributed by atoms with van der Waals surface area (Å²) in [6.45, 7) is 20.1. The van der Waals surface area contributed by atoms with Crippen LogP contribution in [0.1, 0.15) is 113 Å². The van der Waals surface area contributed by atoms with E-state index in [2.05, 4.69) is 55.4 Å². The van der Waals surface area contributed by atoms with Gasteiger partial charge in [-0.2, -0.15) is 0 Å². The number of aliphatic hydroxyl groups is 2. The number of hydrogen-bond acceptors (Lipinski definition) is 2. The van der Waals surface area contributed by atoms with Gasteiger partial charge in [0.15, 0.2) is 0 Å². The molecule has 0 aromatic rings. The van der Waals surface area contributed by atoms with Gasteiger partial charge < -0.3 is 10.2 Å². The van der Waals surface area contributed by atoms with Crippen LogP contribution in [0.5, 0.6) is 0 Å². The molecular formula is C30H52O2. The third kappa shape index (κ3) is 2.72. The van der Waals surface area contributed by atoms with Crippen molar-refractivity contribution in [3.8, 4) is 0 Å². The molecule has 0 saturated heterocycles. The molecule has 12 atom stereocenters. The molecule has 2 heteroatoms. The van der Waals surface area contributed by atoms with Gasteiger partial charge in [0.25, 0.3) is 0 Å². The van der Waals surface area contributed by atoms with Gasteiger partial charge in [0.2, 0.25) is 0 Å². The molecule has 5 saturated carbocycles. The fourth-order valence-corrected chi connectivity index (χ4v) is 11.8. The first-order chi connectivity index (χ1) is 14.7. The molecule has 0 amide bonds. The summed E-state index contributed by atoms with van der Waals surface area (Å²) < 4.78 is 0. The lowest BCUT2D eigenvalue weighted by Crippen LogP contribution is -2.70. The average Bonchev–Trinajstić information content (AvgIpc) is 2.70. The van der Waals surface area contributed by atoms with E-state index in [1.54, 1.807) is 0 Å². The topological polar surface area (TPSA) is 40.5 Å². The molecule has 32 heavy (non-hydrogen) atoms. The Kier molecular flexibility index (Phi) is 5.17. The molecule has 5 fully saturated rings.